The highest BCUT2D eigenvalue weighted by Crippen LogP contribution is 2.19. The van der Waals surface area contributed by atoms with Gasteiger partial charge in [-0.3, -0.25) is 4.79 Å². The van der Waals surface area contributed by atoms with E-state index in [0.717, 1.165) is 31.9 Å². The molecule has 0 radical (unpaired) electrons. The molecule has 0 spiro atoms. The lowest BCUT2D eigenvalue weighted by molar-refractivity contribution is -0.121. The minimum absolute atomic E-state index is 0.137. The zero-order valence-electron chi connectivity index (χ0n) is 12.6. The first kappa shape index (κ1) is 14.8. The highest BCUT2D eigenvalue weighted by Gasteiger charge is 2.13. The van der Waals surface area contributed by atoms with Crippen LogP contribution in [0, 0.1) is 5.92 Å². The topological polar surface area (TPSA) is 45.2 Å². The van der Waals surface area contributed by atoms with Gasteiger partial charge in [0.2, 0.25) is 5.91 Å². The summed E-state index contributed by atoms with van der Waals surface area (Å²) in [5.41, 5.74) is 1.20. The molecule has 0 aliphatic carbocycles. The Hall–Kier alpha value is -1.58. The van der Waals surface area contributed by atoms with Crippen LogP contribution in [0.1, 0.15) is 38.7 Å². The molecular formula is C16H25N3O. The van der Waals surface area contributed by atoms with E-state index in [1.54, 1.807) is 0 Å². The van der Waals surface area contributed by atoms with Crippen LogP contribution in [0.25, 0.3) is 0 Å². The van der Waals surface area contributed by atoms with E-state index in [1.165, 1.54) is 18.4 Å². The number of carbonyl (C=O) groups is 1. The van der Waals surface area contributed by atoms with Crippen LogP contribution in [0.15, 0.2) is 18.3 Å². The van der Waals surface area contributed by atoms with Crippen molar-refractivity contribution in [3.05, 3.63) is 23.9 Å². The molecule has 1 saturated heterocycles. The maximum absolute atomic E-state index is 11.7. The van der Waals surface area contributed by atoms with Crippen LogP contribution in [-0.4, -0.2) is 30.5 Å². The van der Waals surface area contributed by atoms with Crippen LogP contribution in [-0.2, 0) is 11.2 Å². The number of amides is 1. The third-order valence-corrected chi connectivity index (χ3v) is 3.59. The summed E-state index contributed by atoms with van der Waals surface area (Å²) in [6, 6.07) is 4.14. The fraction of sp³-hybridized carbons (Fsp3) is 0.625. The SMILES string of the molecule is CC(C)CNC(=O)CCc1ccnc(N2CCCC2)c1. The molecule has 1 N–H and O–H groups in total. The van der Waals surface area contributed by atoms with E-state index >= 15 is 0 Å². The van der Waals surface area contributed by atoms with E-state index in [-0.39, 0.29) is 5.91 Å². The number of rotatable bonds is 6. The quantitative estimate of drug-likeness (QED) is 0.867. The van der Waals surface area contributed by atoms with E-state index in [2.05, 4.69) is 35.1 Å². The van der Waals surface area contributed by atoms with Crippen LogP contribution in [0.5, 0.6) is 0 Å². The Bertz CT molecular complexity index is 439. The van der Waals surface area contributed by atoms with Gasteiger partial charge in [-0.05, 0) is 42.9 Å². The predicted molar refractivity (Wildman–Crippen MR) is 81.9 cm³/mol. The van der Waals surface area contributed by atoms with Crippen molar-refractivity contribution in [2.75, 3.05) is 24.5 Å². The normalized spacial score (nSPS) is 14.8. The molecule has 4 heteroatoms. The van der Waals surface area contributed by atoms with Crippen molar-refractivity contribution < 1.29 is 4.79 Å². The molecule has 0 bridgehead atoms. The van der Waals surface area contributed by atoms with E-state index in [0.29, 0.717) is 12.3 Å². The average molecular weight is 275 g/mol. The largest absolute Gasteiger partial charge is 0.357 e. The Labute approximate surface area is 121 Å². The van der Waals surface area contributed by atoms with Gasteiger partial charge in [-0.2, -0.15) is 0 Å². The second-order valence-electron chi connectivity index (χ2n) is 5.91. The summed E-state index contributed by atoms with van der Waals surface area (Å²) in [7, 11) is 0. The molecule has 1 fully saturated rings. The fourth-order valence-corrected chi connectivity index (χ4v) is 2.40. The fourth-order valence-electron chi connectivity index (χ4n) is 2.40. The highest BCUT2D eigenvalue weighted by atomic mass is 16.1. The molecule has 0 atom stereocenters. The third kappa shape index (κ3) is 4.51. The highest BCUT2D eigenvalue weighted by molar-refractivity contribution is 5.76. The van der Waals surface area contributed by atoms with E-state index < -0.39 is 0 Å². The molecule has 0 unspecified atom stereocenters. The lowest BCUT2D eigenvalue weighted by Gasteiger charge is -2.16. The molecule has 0 aromatic carbocycles. The summed E-state index contributed by atoms with van der Waals surface area (Å²) >= 11 is 0. The number of nitrogens with zero attached hydrogens (tertiary/aromatic N) is 2. The summed E-state index contributed by atoms with van der Waals surface area (Å²) in [6.45, 7) is 7.17. The zero-order valence-corrected chi connectivity index (χ0v) is 12.6. The van der Waals surface area contributed by atoms with E-state index in [9.17, 15) is 4.79 Å². The van der Waals surface area contributed by atoms with Gasteiger partial charge in [-0.25, -0.2) is 4.98 Å². The molecule has 1 aliphatic heterocycles. The minimum atomic E-state index is 0.137. The number of anilines is 1. The molecule has 1 aromatic rings. The van der Waals surface area contributed by atoms with Gasteiger partial charge >= 0.3 is 0 Å². The molecule has 4 nitrogen and oxygen atoms in total. The molecule has 20 heavy (non-hydrogen) atoms. The van der Waals surface area contributed by atoms with Gasteiger partial charge in [0.1, 0.15) is 5.82 Å². The maximum atomic E-state index is 11.7. The Balaban J connectivity index is 1.83. The first-order valence-electron chi connectivity index (χ1n) is 7.61. The molecule has 0 saturated carbocycles. The standard InChI is InChI=1S/C16H25N3O/c1-13(2)12-18-16(20)6-5-14-7-8-17-15(11-14)19-9-3-4-10-19/h7-8,11,13H,3-6,9-10,12H2,1-2H3,(H,18,20). The van der Waals surface area contributed by atoms with Crippen LogP contribution in [0.4, 0.5) is 5.82 Å². The van der Waals surface area contributed by atoms with Crippen molar-refractivity contribution in [2.45, 2.75) is 39.5 Å². The average Bonchev–Trinajstić information content (AvgIpc) is 2.97. The molecule has 110 valence electrons. The molecule has 1 aliphatic rings. The second kappa shape index (κ2) is 7.27. The van der Waals surface area contributed by atoms with Crippen molar-refractivity contribution in [1.29, 1.82) is 0 Å². The van der Waals surface area contributed by atoms with Gasteiger partial charge in [0, 0.05) is 32.3 Å². The number of carbonyl (C=O) groups excluding carboxylic acids is 1. The monoisotopic (exact) mass is 275 g/mol. The summed E-state index contributed by atoms with van der Waals surface area (Å²) in [6.07, 6.45) is 5.70. The second-order valence-corrected chi connectivity index (χ2v) is 5.91. The van der Waals surface area contributed by atoms with Crippen LogP contribution < -0.4 is 10.2 Å². The Morgan fingerprint density at radius 3 is 2.85 bits per heavy atom. The van der Waals surface area contributed by atoms with E-state index in [4.69, 9.17) is 0 Å². The van der Waals surface area contributed by atoms with Crippen molar-refractivity contribution in [3.63, 3.8) is 0 Å². The molecule has 2 heterocycles. The minimum Gasteiger partial charge on any atom is -0.357 e. The van der Waals surface area contributed by atoms with Crippen molar-refractivity contribution in [1.82, 2.24) is 10.3 Å². The first-order valence-corrected chi connectivity index (χ1v) is 7.61. The van der Waals surface area contributed by atoms with Crippen molar-refractivity contribution in [3.8, 4) is 0 Å². The Morgan fingerprint density at radius 2 is 2.15 bits per heavy atom. The molecular weight excluding hydrogens is 250 g/mol. The number of aromatic nitrogens is 1. The van der Waals surface area contributed by atoms with Gasteiger partial charge in [-0.15, -0.1) is 0 Å². The lowest BCUT2D eigenvalue weighted by Crippen LogP contribution is -2.27. The van der Waals surface area contributed by atoms with Gasteiger partial charge in [-0.1, -0.05) is 13.8 Å². The summed E-state index contributed by atoms with van der Waals surface area (Å²) in [4.78, 5) is 18.5. The molecule has 1 aromatic heterocycles. The molecule has 2 rings (SSSR count). The Kier molecular flexibility index (Phi) is 5.39. The van der Waals surface area contributed by atoms with Gasteiger partial charge in [0.25, 0.3) is 0 Å². The number of nitrogens with one attached hydrogen (secondary N) is 1. The summed E-state index contributed by atoms with van der Waals surface area (Å²) in [5, 5.41) is 2.96. The number of pyridine rings is 1. The van der Waals surface area contributed by atoms with Gasteiger partial charge in [0.15, 0.2) is 0 Å². The zero-order chi connectivity index (χ0) is 14.4. The first-order chi connectivity index (χ1) is 9.65. The van der Waals surface area contributed by atoms with Crippen molar-refractivity contribution >= 4 is 11.7 Å². The lowest BCUT2D eigenvalue weighted by atomic mass is 10.1. The smallest absolute Gasteiger partial charge is 0.220 e. The Morgan fingerprint density at radius 1 is 1.40 bits per heavy atom. The van der Waals surface area contributed by atoms with Crippen LogP contribution in [0.3, 0.4) is 0 Å². The molecule has 1 amide bonds. The van der Waals surface area contributed by atoms with Crippen molar-refractivity contribution in [2.24, 2.45) is 5.92 Å². The van der Waals surface area contributed by atoms with Crippen LogP contribution in [0.2, 0.25) is 0 Å². The summed E-state index contributed by atoms with van der Waals surface area (Å²) in [5.74, 6) is 1.70. The summed E-state index contributed by atoms with van der Waals surface area (Å²) < 4.78 is 0. The van der Waals surface area contributed by atoms with Crippen LogP contribution >= 0.6 is 0 Å². The van der Waals surface area contributed by atoms with Gasteiger partial charge in [0.05, 0.1) is 0 Å². The number of hydrogen-bond acceptors (Lipinski definition) is 3. The van der Waals surface area contributed by atoms with E-state index in [1.807, 2.05) is 12.3 Å². The number of aryl methyl sites for hydroxylation is 1. The third-order valence-electron chi connectivity index (χ3n) is 3.59. The predicted octanol–water partition coefficient (Wildman–Crippen LogP) is 2.39. The maximum Gasteiger partial charge on any atom is 0.220 e. The number of hydrogen-bond donors (Lipinski definition) is 1. The van der Waals surface area contributed by atoms with Gasteiger partial charge < -0.3 is 10.2 Å².